The lowest BCUT2D eigenvalue weighted by molar-refractivity contribution is 0.129. The van der Waals surface area contributed by atoms with E-state index in [9.17, 15) is 0 Å². The van der Waals surface area contributed by atoms with Crippen LogP contribution in [-0.4, -0.2) is 33.5 Å². The second-order valence-electron chi connectivity index (χ2n) is 4.91. The molecule has 0 aliphatic carbocycles. The van der Waals surface area contributed by atoms with E-state index in [1.165, 1.54) is 12.0 Å². The molecule has 0 bridgehead atoms. The van der Waals surface area contributed by atoms with Gasteiger partial charge in [-0.25, -0.2) is 0 Å². The summed E-state index contributed by atoms with van der Waals surface area (Å²) in [6.45, 7) is 8.30. The van der Waals surface area contributed by atoms with Crippen LogP contribution in [0, 0.1) is 0 Å². The van der Waals surface area contributed by atoms with Crippen LogP contribution in [0.2, 0.25) is 0 Å². The number of benzene rings is 1. The molecular formula is C17H30ClNO3. The van der Waals surface area contributed by atoms with Crippen molar-refractivity contribution in [3.63, 3.8) is 0 Å². The molecule has 0 aliphatic rings. The van der Waals surface area contributed by atoms with Gasteiger partial charge < -0.3 is 19.5 Å². The lowest BCUT2D eigenvalue weighted by atomic mass is 10.2. The Morgan fingerprint density at radius 3 is 2.50 bits per heavy atom. The predicted molar refractivity (Wildman–Crippen MR) is 93.5 cm³/mol. The molecule has 0 saturated heterocycles. The summed E-state index contributed by atoms with van der Waals surface area (Å²) in [7, 11) is 1.66. The highest BCUT2D eigenvalue weighted by Gasteiger charge is 2.04. The van der Waals surface area contributed by atoms with Gasteiger partial charge in [0.1, 0.15) is 0 Å². The van der Waals surface area contributed by atoms with Crippen molar-refractivity contribution in [3.8, 4) is 11.5 Å². The Kier molecular flexibility index (Phi) is 13.1. The van der Waals surface area contributed by atoms with Gasteiger partial charge in [0.25, 0.3) is 0 Å². The summed E-state index contributed by atoms with van der Waals surface area (Å²) in [6, 6.07) is 6.05. The minimum absolute atomic E-state index is 0. The van der Waals surface area contributed by atoms with E-state index >= 15 is 0 Å². The number of unbranched alkanes of at least 4 members (excludes halogenated alkanes) is 1. The minimum atomic E-state index is 0. The molecule has 0 atom stereocenters. The molecule has 1 rings (SSSR count). The van der Waals surface area contributed by atoms with E-state index in [2.05, 4.69) is 18.3 Å². The second kappa shape index (κ2) is 13.7. The zero-order chi connectivity index (χ0) is 15.3. The Labute approximate surface area is 140 Å². The van der Waals surface area contributed by atoms with Crippen LogP contribution < -0.4 is 14.8 Å². The first kappa shape index (κ1) is 21.0. The molecule has 0 unspecified atom stereocenters. The topological polar surface area (TPSA) is 39.7 Å². The van der Waals surface area contributed by atoms with Gasteiger partial charge in [0.2, 0.25) is 0 Å². The van der Waals surface area contributed by atoms with Gasteiger partial charge in [-0.2, -0.15) is 0 Å². The highest BCUT2D eigenvalue weighted by Crippen LogP contribution is 2.27. The van der Waals surface area contributed by atoms with Crippen LogP contribution in [-0.2, 0) is 11.3 Å². The van der Waals surface area contributed by atoms with Gasteiger partial charge >= 0.3 is 0 Å². The monoisotopic (exact) mass is 331 g/mol. The summed E-state index contributed by atoms with van der Waals surface area (Å²) in [6.07, 6.45) is 3.38. The van der Waals surface area contributed by atoms with Gasteiger partial charge in [0, 0.05) is 19.8 Å². The molecule has 22 heavy (non-hydrogen) atoms. The Hall–Kier alpha value is -0.970. The maximum atomic E-state index is 5.58. The maximum Gasteiger partial charge on any atom is 0.161 e. The number of hydrogen-bond acceptors (Lipinski definition) is 4. The van der Waals surface area contributed by atoms with Crippen LogP contribution in [0.15, 0.2) is 18.2 Å². The van der Waals surface area contributed by atoms with Crippen LogP contribution >= 0.6 is 12.4 Å². The van der Waals surface area contributed by atoms with Gasteiger partial charge in [0.15, 0.2) is 11.5 Å². The zero-order valence-electron chi connectivity index (χ0n) is 14.0. The highest BCUT2D eigenvalue weighted by molar-refractivity contribution is 5.85. The summed E-state index contributed by atoms with van der Waals surface area (Å²) in [4.78, 5) is 0. The van der Waals surface area contributed by atoms with E-state index in [0.29, 0.717) is 6.61 Å². The first-order chi connectivity index (χ1) is 10.3. The molecule has 0 amide bonds. The summed E-state index contributed by atoms with van der Waals surface area (Å²) in [5.41, 5.74) is 1.20. The number of hydrogen-bond donors (Lipinski definition) is 1. The average Bonchev–Trinajstić information content (AvgIpc) is 2.50. The van der Waals surface area contributed by atoms with Crippen molar-refractivity contribution in [2.24, 2.45) is 0 Å². The second-order valence-corrected chi connectivity index (χ2v) is 4.91. The normalized spacial score (nSPS) is 10.1. The molecule has 1 N–H and O–H groups in total. The van der Waals surface area contributed by atoms with Crippen molar-refractivity contribution < 1.29 is 14.2 Å². The molecule has 0 saturated carbocycles. The molecular weight excluding hydrogens is 302 g/mol. The molecule has 1 aromatic rings. The van der Waals surface area contributed by atoms with Gasteiger partial charge in [-0.1, -0.05) is 19.4 Å². The van der Waals surface area contributed by atoms with Crippen molar-refractivity contribution in [3.05, 3.63) is 23.8 Å². The quantitative estimate of drug-likeness (QED) is 0.591. The maximum absolute atomic E-state index is 5.58. The first-order valence-electron chi connectivity index (χ1n) is 7.90. The summed E-state index contributed by atoms with van der Waals surface area (Å²) in [5.74, 6) is 1.59. The van der Waals surface area contributed by atoms with Crippen molar-refractivity contribution in [1.82, 2.24) is 5.32 Å². The number of rotatable bonds is 12. The largest absolute Gasteiger partial charge is 0.493 e. The number of ether oxygens (including phenoxy) is 3. The van der Waals surface area contributed by atoms with Crippen molar-refractivity contribution >= 4 is 12.4 Å². The van der Waals surface area contributed by atoms with E-state index in [-0.39, 0.29) is 12.4 Å². The molecule has 0 fully saturated rings. The van der Waals surface area contributed by atoms with E-state index in [1.54, 1.807) is 7.11 Å². The summed E-state index contributed by atoms with van der Waals surface area (Å²) < 4.78 is 16.4. The smallest absolute Gasteiger partial charge is 0.161 e. The van der Waals surface area contributed by atoms with E-state index < -0.39 is 0 Å². The van der Waals surface area contributed by atoms with Gasteiger partial charge in [-0.05, 0) is 44.0 Å². The number of methoxy groups -OCH3 is 1. The standard InChI is InChI=1S/C17H29NO3.ClH/c1-4-6-11-20-12-7-10-18-14-15-8-9-16(19-3)17(13-15)21-5-2;/h8-9,13,18H,4-7,10-12,14H2,1-3H3;1H. The molecule has 0 spiro atoms. The number of nitrogens with one attached hydrogen (secondary N) is 1. The van der Waals surface area contributed by atoms with Crippen LogP contribution in [0.3, 0.4) is 0 Å². The molecule has 128 valence electrons. The van der Waals surface area contributed by atoms with Crippen LogP contribution in [0.4, 0.5) is 0 Å². The van der Waals surface area contributed by atoms with Crippen LogP contribution in [0.1, 0.15) is 38.7 Å². The minimum Gasteiger partial charge on any atom is -0.493 e. The fourth-order valence-corrected chi connectivity index (χ4v) is 1.98. The lowest BCUT2D eigenvalue weighted by Crippen LogP contribution is -2.16. The van der Waals surface area contributed by atoms with Gasteiger partial charge in [-0.15, -0.1) is 12.4 Å². The average molecular weight is 332 g/mol. The molecule has 1 aromatic carbocycles. The van der Waals surface area contributed by atoms with Crippen molar-refractivity contribution in [2.45, 2.75) is 39.7 Å². The van der Waals surface area contributed by atoms with Gasteiger partial charge in [0.05, 0.1) is 13.7 Å². The van der Waals surface area contributed by atoms with E-state index in [4.69, 9.17) is 14.2 Å². The third kappa shape index (κ3) is 8.47. The number of halogens is 1. The van der Waals surface area contributed by atoms with Crippen LogP contribution in [0.25, 0.3) is 0 Å². The van der Waals surface area contributed by atoms with E-state index in [1.807, 2.05) is 19.1 Å². The fraction of sp³-hybridized carbons (Fsp3) is 0.647. The first-order valence-corrected chi connectivity index (χ1v) is 7.90. The van der Waals surface area contributed by atoms with Gasteiger partial charge in [-0.3, -0.25) is 0 Å². The fourth-order valence-electron chi connectivity index (χ4n) is 1.98. The van der Waals surface area contributed by atoms with Crippen LogP contribution in [0.5, 0.6) is 11.5 Å². The lowest BCUT2D eigenvalue weighted by Gasteiger charge is -2.11. The molecule has 5 heteroatoms. The molecule has 4 nitrogen and oxygen atoms in total. The predicted octanol–water partition coefficient (Wildman–Crippen LogP) is 3.81. The summed E-state index contributed by atoms with van der Waals surface area (Å²) >= 11 is 0. The highest BCUT2D eigenvalue weighted by atomic mass is 35.5. The third-order valence-electron chi connectivity index (χ3n) is 3.14. The third-order valence-corrected chi connectivity index (χ3v) is 3.14. The van der Waals surface area contributed by atoms with E-state index in [0.717, 1.165) is 50.6 Å². The molecule has 0 radical (unpaired) electrons. The SMILES string of the molecule is CCCCOCCCNCc1ccc(OC)c(OCC)c1.Cl. The van der Waals surface area contributed by atoms with Crippen molar-refractivity contribution in [1.29, 1.82) is 0 Å². The zero-order valence-corrected chi connectivity index (χ0v) is 14.8. The van der Waals surface area contributed by atoms with Crippen molar-refractivity contribution in [2.75, 3.05) is 33.5 Å². The molecule has 0 aliphatic heterocycles. The Morgan fingerprint density at radius 2 is 1.82 bits per heavy atom. The molecule has 0 heterocycles. The Bertz CT molecular complexity index is 388. The summed E-state index contributed by atoms with van der Waals surface area (Å²) in [5, 5.41) is 3.42. The Morgan fingerprint density at radius 1 is 1.05 bits per heavy atom. The Balaban J connectivity index is 0.00000441. The molecule has 0 aromatic heterocycles.